The highest BCUT2D eigenvalue weighted by Crippen LogP contribution is 2.26. The maximum atomic E-state index is 12.4. The molecule has 1 saturated heterocycles. The van der Waals surface area contributed by atoms with Crippen LogP contribution < -0.4 is 15.2 Å². The number of thiophene rings is 1. The van der Waals surface area contributed by atoms with Crippen molar-refractivity contribution < 1.29 is 27.9 Å². The lowest BCUT2D eigenvalue weighted by Gasteiger charge is -2.25. The van der Waals surface area contributed by atoms with E-state index >= 15 is 0 Å². The first-order valence-electron chi connectivity index (χ1n) is 7.72. The number of aromatic carboxylic acids is 1. The van der Waals surface area contributed by atoms with Crippen LogP contribution in [0.25, 0.3) is 0 Å². The molecule has 1 amide bonds. The zero-order chi connectivity index (χ0) is 19.6. The van der Waals surface area contributed by atoms with E-state index in [1.807, 2.05) is 9.73 Å². The summed E-state index contributed by atoms with van der Waals surface area (Å²) in [5, 5.41) is 10.8. The molecule has 27 heavy (non-hydrogen) atoms. The van der Waals surface area contributed by atoms with E-state index < -0.39 is 21.9 Å². The Balaban J connectivity index is 1.68. The summed E-state index contributed by atoms with van der Waals surface area (Å²) in [6, 6.07) is 1.02. The monoisotopic (exact) mass is 432 g/mol. The highest BCUT2D eigenvalue weighted by atomic mass is 32.2. The predicted octanol–water partition coefficient (Wildman–Crippen LogP) is 0.671. The molecule has 3 rings (SSSR count). The van der Waals surface area contributed by atoms with Crippen molar-refractivity contribution in [2.45, 2.75) is 11.1 Å². The van der Waals surface area contributed by atoms with Gasteiger partial charge in [0.25, 0.3) is 15.9 Å². The number of rotatable bonds is 6. The Morgan fingerprint density at radius 1 is 1.33 bits per heavy atom. The Labute approximate surface area is 162 Å². The number of hydrogen-bond acceptors (Lipinski definition) is 9. The molecule has 0 bridgehead atoms. The van der Waals surface area contributed by atoms with Crippen molar-refractivity contribution in [2.24, 2.45) is 0 Å². The van der Waals surface area contributed by atoms with E-state index in [1.54, 1.807) is 6.92 Å². The van der Waals surface area contributed by atoms with Crippen LogP contribution in [0, 0.1) is 6.92 Å². The molecule has 1 fully saturated rings. The first-order valence-corrected chi connectivity index (χ1v) is 10.9. The van der Waals surface area contributed by atoms with Crippen molar-refractivity contribution in [1.29, 1.82) is 0 Å². The van der Waals surface area contributed by atoms with Crippen molar-refractivity contribution in [2.75, 3.05) is 31.2 Å². The van der Waals surface area contributed by atoms with Crippen LogP contribution >= 0.6 is 22.7 Å². The van der Waals surface area contributed by atoms with E-state index in [-0.39, 0.29) is 14.6 Å². The van der Waals surface area contributed by atoms with Gasteiger partial charge < -0.3 is 14.7 Å². The quantitative estimate of drug-likeness (QED) is 0.566. The number of thiazole rings is 1. The predicted molar refractivity (Wildman–Crippen MR) is 98.9 cm³/mol. The second-order valence-electron chi connectivity index (χ2n) is 5.53. The first-order chi connectivity index (χ1) is 12.8. The number of carbonyl (C=O) groups is 2. The number of aromatic nitrogens is 1. The summed E-state index contributed by atoms with van der Waals surface area (Å²) in [4.78, 5) is 31.9. The fraction of sp³-hybridized carbons (Fsp3) is 0.357. The average Bonchev–Trinajstić information content (AvgIpc) is 3.28. The first kappa shape index (κ1) is 19.7. The van der Waals surface area contributed by atoms with E-state index in [2.05, 4.69) is 10.4 Å². The molecule has 1 aliphatic heterocycles. The van der Waals surface area contributed by atoms with Gasteiger partial charge in [0, 0.05) is 18.5 Å². The van der Waals surface area contributed by atoms with Crippen molar-refractivity contribution >= 4 is 49.7 Å². The van der Waals surface area contributed by atoms with Crippen molar-refractivity contribution in [3.05, 3.63) is 27.6 Å². The van der Waals surface area contributed by atoms with E-state index in [0.717, 1.165) is 17.4 Å². The second kappa shape index (κ2) is 7.90. The molecule has 1 aliphatic rings. The van der Waals surface area contributed by atoms with Crippen molar-refractivity contribution in [1.82, 2.24) is 15.2 Å². The molecule has 2 aromatic heterocycles. The number of aryl methyl sites for hydroxylation is 1. The minimum Gasteiger partial charge on any atom is -0.478 e. The number of anilines is 1. The lowest BCUT2D eigenvalue weighted by molar-refractivity contribution is 0.0697. The summed E-state index contributed by atoms with van der Waals surface area (Å²) in [6.45, 7) is 4.18. The van der Waals surface area contributed by atoms with Gasteiger partial charge >= 0.3 is 5.97 Å². The Bertz CT molecular complexity index is 961. The number of morpholine rings is 1. The highest BCUT2D eigenvalue weighted by Gasteiger charge is 2.23. The van der Waals surface area contributed by atoms with Gasteiger partial charge in [-0.25, -0.2) is 18.2 Å². The van der Waals surface area contributed by atoms with E-state index in [9.17, 15) is 18.0 Å². The molecule has 0 atom stereocenters. The van der Waals surface area contributed by atoms with Gasteiger partial charge in [0.2, 0.25) is 0 Å². The maximum absolute atomic E-state index is 12.4. The number of amides is 1. The number of nitrogens with zero attached hydrogens (tertiary/aromatic N) is 2. The number of hydrogen-bond donors (Lipinski definition) is 3. The molecule has 0 saturated carbocycles. The molecule has 2 aromatic rings. The molecule has 3 N–H and O–H groups in total. The zero-order valence-corrected chi connectivity index (χ0v) is 16.5. The van der Waals surface area contributed by atoms with Crippen molar-refractivity contribution in [3.63, 3.8) is 0 Å². The lowest BCUT2D eigenvalue weighted by atomic mass is 10.4. The molecule has 146 valence electrons. The number of nitrogens with one attached hydrogen (secondary N) is 2. The molecule has 0 radical (unpaired) electrons. The van der Waals surface area contributed by atoms with Crippen LogP contribution in [0.1, 0.15) is 25.7 Å². The summed E-state index contributed by atoms with van der Waals surface area (Å²) >= 11 is 1.91. The van der Waals surface area contributed by atoms with Gasteiger partial charge in [-0.15, -0.1) is 16.2 Å². The normalized spacial score (nSPS) is 14.9. The Kier molecular flexibility index (Phi) is 5.76. The number of carbonyl (C=O) groups excluding carboxylic acids is 1. The van der Waals surface area contributed by atoms with Gasteiger partial charge in [0.1, 0.15) is 9.09 Å². The topological polar surface area (TPSA) is 138 Å². The molecule has 13 heteroatoms. The van der Waals surface area contributed by atoms with Crippen LogP contribution in [0.3, 0.4) is 0 Å². The zero-order valence-electron chi connectivity index (χ0n) is 14.1. The van der Waals surface area contributed by atoms with Gasteiger partial charge in [-0.3, -0.25) is 10.2 Å². The maximum Gasteiger partial charge on any atom is 0.336 e. The van der Waals surface area contributed by atoms with Crippen LogP contribution in [-0.4, -0.2) is 56.7 Å². The minimum absolute atomic E-state index is 0.139. The Morgan fingerprint density at radius 3 is 2.67 bits per heavy atom. The third-order valence-corrected chi connectivity index (χ3v) is 7.56. The summed E-state index contributed by atoms with van der Waals surface area (Å²) in [7, 11) is -4.07. The number of sulfonamides is 1. The molecular weight excluding hydrogens is 416 g/mol. The SMILES string of the molecule is Cc1nc(N2CCOCC2)sc1C(=O)NNS(=O)(=O)c1cc(C(=O)O)cs1. The van der Waals surface area contributed by atoms with Crippen LogP contribution in [0.15, 0.2) is 15.7 Å². The van der Waals surface area contributed by atoms with Crippen LogP contribution in [0.5, 0.6) is 0 Å². The van der Waals surface area contributed by atoms with E-state index in [4.69, 9.17) is 9.84 Å². The van der Waals surface area contributed by atoms with E-state index in [0.29, 0.717) is 37.1 Å². The molecule has 0 aromatic carbocycles. The molecule has 3 heterocycles. The van der Waals surface area contributed by atoms with Gasteiger partial charge in [0.15, 0.2) is 5.13 Å². The summed E-state index contributed by atoms with van der Waals surface area (Å²) in [5.41, 5.74) is 2.49. The summed E-state index contributed by atoms with van der Waals surface area (Å²) in [6.07, 6.45) is 0. The second-order valence-corrected chi connectivity index (χ2v) is 9.33. The van der Waals surface area contributed by atoms with Gasteiger partial charge in [0.05, 0.1) is 24.5 Å². The standard InChI is InChI=1S/C14H16N4O6S3/c1-8-11(26-14(15-8)18-2-4-24-5-3-18)12(19)16-17-27(22,23)10-6-9(7-25-10)13(20)21/h6-7,17H,2-5H2,1H3,(H,16,19)(H,20,21). The third-order valence-electron chi connectivity index (χ3n) is 3.66. The number of ether oxygens (including phenoxy) is 1. The molecule has 10 nitrogen and oxygen atoms in total. The number of carboxylic acid groups (broad SMARTS) is 1. The largest absolute Gasteiger partial charge is 0.478 e. The van der Waals surface area contributed by atoms with Gasteiger partial charge in [-0.1, -0.05) is 11.3 Å². The lowest BCUT2D eigenvalue weighted by Crippen LogP contribution is -2.41. The molecule has 0 aliphatic carbocycles. The summed E-state index contributed by atoms with van der Waals surface area (Å²) in [5.74, 6) is -1.87. The Morgan fingerprint density at radius 2 is 2.04 bits per heavy atom. The fourth-order valence-corrected chi connectivity index (χ4v) is 5.28. The number of carboxylic acids is 1. The molecule has 0 unspecified atom stereocenters. The highest BCUT2D eigenvalue weighted by molar-refractivity contribution is 7.91. The number of hydrazine groups is 1. The fourth-order valence-electron chi connectivity index (χ4n) is 2.27. The molecular formula is C14H16N4O6S3. The van der Waals surface area contributed by atoms with E-state index in [1.165, 1.54) is 16.7 Å². The van der Waals surface area contributed by atoms with Crippen molar-refractivity contribution in [3.8, 4) is 0 Å². The van der Waals surface area contributed by atoms with Crippen LogP contribution in [-0.2, 0) is 14.8 Å². The van der Waals surface area contributed by atoms with Crippen LogP contribution in [0.4, 0.5) is 5.13 Å². The average molecular weight is 433 g/mol. The Hall–Kier alpha value is -2.06. The minimum atomic E-state index is -4.07. The summed E-state index contributed by atoms with van der Waals surface area (Å²) < 4.78 is 29.5. The molecule has 0 spiro atoms. The third kappa shape index (κ3) is 4.44. The van der Waals surface area contributed by atoms with Gasteiger partial charge in [-0.2, -0.15) is 0 Å². The smallest absolute Gasteiger partial charge is 0.336 e. The van der Waals surface area contributed by atoms with Crippen LogP contribution in [0.2, 0.25) is 0 Å². The van der Waals surface area contributed by atoms with Gasteiger partial charge in [-0.05, 0) is 13.0 Å².